The van der Waals surface area contributed by atoms with Crippen LogP contribution in [0.1, 0.15) is 33.1 Å². The Labute approximate surface area is 111 Å². The van der Waals surface area contributed by atoms with Gasteiger partial charge in [0.05, 0.1) is 5.92 Å². The summed E-state index contributed by atoms with van der Waals surface area (Å²) in [5, 5.41) is 3.43. The lowest BCUT2D eigenvalue weighted by Crippen LogP contribution is -2.55. The molecule has 104 valence electrons. The average Bonchev–Trinajstić information content (AvgIpc) is 2.39. The number of piperazine rings is 1. The lowest BCUT2D eigenvalue weighted by molar-refractivity contribution is -0.139. The van der Waals surface area contributed by atoms with Gasteiger partial charge in [0.2, 0.25) is 5.91 Å². The summed E-state index contributed by atoms with van der Waals surface area (Å²) >= 11 is 0. The highest BCUT2D eigenvalue weighted by molar-refractivity contribution is 5.79. The van der Waals surface area contributed by atoms with Crippen LogP contribution in [0.2, 0.25) is 0 Å². The molecular weight excluding hydrogens is 226 g/mol. The number of piperidine rings is 1. The molecule has 3 atom stereocenters. The highest BCUT2D eigenvalue weighted by Gasteiger charge is 2.31. The van der Waals surface area contributed by atoms with Crippen molar-refractivity contribution in [2.45, 2.75) is 45.2 Å². The molecular formula is C14H27N3O. The summed E-state index contributed by atoms with van der Waals surface area (Å²) < 4.78 is 0. The molecule has 2 fully saturated rings. The Kier molecular flexibility index (Phi) is 4.62. The van der Waals surface area contributed by atoms with Crippen LogP contribution in [-0.2, 0) is 4.79 Å². The van der Waals surface area contributed by atoms with E-state index >= 15 is 0 Å². The van der Waals surface area contributed by atoms with Gasteiger partial charge in [0.25, 0.3) is 0 Å². The highest BCUT2D eigenvalue weighted by Crippen LogP contribution is 2.19. The van der Waals surface area contributed by atoms with Crippen molar-refractivity contribution in [3.63, 3.8) is 0 Å². The van der Waals surface area contributed by atoms with Gasteiger partial charge in [-0.2, -0.15) is 0 Å². The van der Waals surface area contributed by atoms with Crippen LogP contribution in [0.25, 0.3) is 0 Å². The Hall–Kier alpha value is -0.610. The number of nitrogens with one attached hydrogen (secondary N) is 1. The van der Waals surface area contributed by atoms with Crippen molar-refractivity contribution in [3.05, 3.63) is 0 Å². The Morgan fingerprint density at radius 2 is 2.11 bits per heavy atom. The van der Waals surface area contributed by atoms with Crippen LogP contribution in [0.4, 0.5) is 0 Å². The van der Waals surface area contributed by atoms with E-state index in [1.165, 1.54) is 0 Å². The summed E-state index contributed by atoms with van der Waals surface area (Å²) in [6, 6.07) is 1.11. The zero-order chi connectivity index (χ0) is 13.1. The van der Waals surface area contributed by atoms with Crippen LogP contribution >= 0.6 is 0 Å². The van der Waals surface area contributed by atoms with Gasteiger partial charge in [0.1, 0.15) is 0 Å². The van der Waals surface area contributed by atoms with Gasteiger partial charge in [0, 0.05) is 38.3 Å². The molecule has 0 spiro atoms. The van der Waals surface area contributed by atoms with Gasteiger partial charge in [-0.15, -0.1) is 0 Å². The molecule has 0 aromatic carbocycles. The fraction of sp³-hybridized carbons (Fsp3) is 0.929. The number of rotatable bonds is 2. The van der Waals surface area contributed by atoms with Crippen LogP contribution in [-0.4, -0.2) is 61.0 Å². The van der Waals surface area contributed by atoms with Crippen molar-refractivity contribution >= 4 is 5.91 Å². The first kappa shape index (κ1) is 13.8. The zero-order valence-electron chi connectivity index (χ0n) is 12.0. The zero-order valence-corrected chi connectivity index (χ0v) is 12.0. The van der Waals surface area contributed by atoms with E-state index in [4.69, 9.17) is 0 Å². The molecule has 2 aliphatic heterocycles. The standard InChI is InChI=1S/C14H27N3O/c1-4-13-10-17(8-7-16(13)3)14(18)12-6-5-11(2)15-9-12/h11-13,15H,4-10H2,1-3H3. The Balaban J connectivity index is 1.89. The largest absolute Gasteiger partial charge is 0.340 e. The summed E-state index contributed by atoms with van der Waals surface area (Å²) in [6.45, 7) is 8.10. The summed E-state index contributed by atoms with van der Waals surface area (Å²) in [6.07, 6.45) is 3.30. The molecule has 2 aliphatic rings. The van der Waals surface area contributed by atoms with E-state index in [-0.39, 0.29) is 5.92 Å². The van der Waals surface area contributed by atoms with Crippen molar-refractivity contribution in [3.8, 4) is 0 Å². The number of hydrogen-bond acceptors (Lipinski definition) is 3. The van der Waals surface area contributed by atoms with Crippen molar-refractivity contribution in [1.29, 1.82) is 0 Å². The van der Waals surface area contributed by atoms with Gasteiger partial charge >= 0.3 is 0 Å². The number of carbonyl (C=O) groups excluding carboxylic acids is 1. The van der Waals surface area contributed by atoms with Gasteiger partial charge in [0.15, 0.2) is 0 Å². The van der Waals surface area contributed by atoms with Gasteiger partial charge < -0.3 is 10.2 Å². The molecule has 0 radical (unpaired) electrons. The van der Waals surface area contributed by atoms with Gasteiger partial charge in [-0.1, -0.05) is 6.92 Å². The first-order valence-corrected chi connectivity index (χ1v) is 7.34. The molecule has 2 heterocycles. The van der Waals surface area contributed by atoms with Crippen molar-refractivity contribution in [2.75, 3.05) is 33.2 Å². The van der Waals surface area contributed by atoms with Gasteiger partial charge in [-0.25, -0.2) is 0 Å². The van der Waals surface area contributed by atoms with E-state index in [1.54, 1.807) is 0 Å². The molecule has 3 unspecified atom stereocenters. The quantitative estimate of drug-likeness (QED) is 0.795. The molecule has 18 heavy (non-hydrogen) atoms. The molecule has 4 heteroatoms. The molecule has 0 aliphatic carbocycles. The predicted octanol–water partition coefficient (Wildman–Crippen LogP) is 0.927. The van der Waals surface area contributed by atoms with Crippen LogP contribution in [0.5, 0.6) is 0 Å². The van der Waals surface area contributed by atoms with Crippen molar-refractivity contribution in [1.82, 2.24) is 15.1 Å². The molecule has 0 aromatic rings. The second-order valence-electron chi connectivity index (χ2n) is 5.91. The summed E-state index contributed by atoms with van der Waals surface area (Å²) in [5.74, 6) is 0.586. The lowest BCUT2D eigenvalue weighted by atomic mass is 9.93. The summed E-state index contributed by atoms with van der Waals surface area (Å²) in [7, 11) is 2.17. The lowest BCUT2D eigenvalue weighted by Gasteiger charge is -2.41. The van der Waals surface area contributed by atoms with Crippen LogP contribution in [0, 0.1) is 5.92 Å². The minimum absolute atomic E-state index is 0.210. The van der Waals surface area contributed by atoms with Gasteiger partial charge in [-0.3, -0.25) is 9.69 Å². The van der Waals surface area contributed by atoms with E-state index in [0.717, 1.165) is 45.4 Å². The maximum atomic E-state index is 12.5. The van der Waals surface area contributed by atoms with E-state index in [0.29, 0.717) is 18.0 Å². The number of amides is 1. The van der Waals surface area contributed by atoms with E-state index < -0.39 is 0 Å². The minimum Gasteiger partial charge on any atom is -0.340 e. The molecule has 1 N–H and O–H groups in total. The first-order chi connectivity index (χ1) is 8.61. The number of carbonyl (C=O) groups is 1. The third-order valence-corrected chi connectivity index (χ3v) is 4.57. The Bertz CT molecular complexity index is 287. The fourth-order valence-electron chi connectivity index (χ4n) is 3.05. The molecule has 2 saturated heterocycles. The van der Waals surface area contributed by atoms with Crippen LogP contribution in [0.15, 0.2) is 0 Å². The van der Waals surface area contributed by atoms with Crippen LogP contribution in [0.3, 0.4) is 0 Å². The topological polar surface area (TPSA) is 35.6 Å². The van der Waals surface area contributed by atoms with Crippen molar-refractivity contribution in [2.24, 2.45) is 5.92 Å². The second-order valence-corrected chi connectivity index (χ2v) is 5.91. The second kappa shape index (κ2) is 6.02. The fourth-order valence-corrected chi connectivity index (χ4v) is 3.05. The molecule has 0 saturated carbocycles. The molecule has 0 aromatic heterocycles. The van der Waals surface area contributed by atoms with E-state index in [2.05, 4.69) is 36.0 Å². The Morgan fingerprint density at radius 3 is 2.72 bits per heavy atom. The smallest absolute Gasteiger partial charge is 0.227 e. The van der Waals surface area contributed by atoms with E-state index in [1.807, 2.05) is 0 Å². The normalized spacial score (nSPS) is 34.6. The number of nitrogens with zero attached hydrogens (tertiary/aromatic N) is 2. The third kappa shape index (κ3) is 3.04. The molecule has 1 amide bonds. The highest BCUT2D eigenvalue weighted by atomic mass is 16.2. The van der Waals surface area contributed by atoms with Crippen molar-refractivity contribution < 1.29 is 4.79 Å². The Morgan fingerprint density at radius 1 is 1.33 bits per heavy atom. The van der Waals surface area contributed by atoms with E-state index in [9.17, 15) is 4.79 Å². The minimum atomic E-state index is 0.210. The average molecular weight is 253 g/mol. The third-order valence-electron chi connectivity index (χ3n) is 4.57. The summed E-state index contributed by atoms with van der Waals surface area (Å²) in [4.78, 5) is 17.0. The number of hydrogen-bond donors (Lipinski definition) is 1. The summed E-state index contributed by atoms with van der Waals surface area (Å²) in [5.41, 5.74) is 0. The van der Waals surface area contributed by atoms with Gasteiger partial charge in [-0.05, 0) is 33.2 Å². The maximum absolute atomic E-state index is 12.5. The molecule has 0 bridgehead atoms. The SMILES string of the molecule is CCC1CN(C(=O)C2CCC(C)NC2)CCN1C. The maximum Gasteiger partial charge on any atom is 0.227 e. The predicted molar refractivity (Wildman–Crippen MR) is 73.5 cm³/mol. The van der Waals surface area contributed by atoms with Crippen LogP contribution < -0.4 is 5.32 Å². The monoisotopic (exact) mass is 253 g/mol. The molecule has 2 rings (SSSR count). The number of likely N-dealkylation sites (N-methyl/N-ethyl adjacent to an activating group) is 1. The molecule has 4 nitrogen and oxygen atoms in total. The first-order valence-electron chi connectivity index (χ1n) is 7.34.